The number of benzene rings is 2. The van der Waals surface area contributed by atoms with E-state index in [2.05, 4.69) is 6.92 Å². The minimum Gasteiger partial charge on any atom is -0.497 e. The second kappa shape index (κ2) is 14.0. The maximum atomic E-state index is 16.4. The summed E-state index contributed by atoms with van der Waals surface area (Å²) in [5, 5.41) is 9.29. The largest absolute Gasteiger partial charge is 0.497 e. The van der Waals surface area contributed by atoms with Gasteiger partial charge in [0.1, 0.15) is 18.1 Å². The van der Waals surface area contributed by atoms with E-state index in [9.17, 15) is 9.90 Å². The normalized spacial score (nSPS) is 19.8. The number of hydrogen-bond acceptors (Lipinski definition) is 4. The van der Waals surface area contributed by atoms with Crippen LogP contribution in [0.1, 0.15) is 75.3 Å². The predicted octanol–water partition coefficient (Wildman–Crippen LogP) is 7.59. The summed E-state index contributed by atoms with van der Waals surface area (Å²) in [5.41, 5.74) is 2.39. The van der Waals surface area contributed by atoms with E-state index in [0.717, 1.165) is 43.2 Å². The molecule has 37 heavy (non-hydrogen) atoms. The number of rotatable bonds is 15. The molecular weight excluding hydrogens is 471 g/mol. The molecule has 0 heterocycles. The molecule has 0 aliphatic heterocycles. The number of carboxylic acid groups (broad SMARTS) is 1. The van der Waals surface area contributed by atoms with Crippen LogP contribution < -0.4 is 9.47 Å². The second-order valence-corrected chi connectivity index (χ2v) is 9.53. The van der Waals surface area contributed by atoms with Crippen molar-refractivity contribution in [1.29, 1.82) is 0 Å². The summed E-state index contributed by atoms with van der Waals surface area (Å²) in [6.07, 6.45) is 9.79. The van der Waals surface area contributed by atoms with Crippen molar-refractivity contribution in [3.63, 3.8) is 0 Å². The Bertz CT molecular complexity index is 1080. The Morgan fingerprint density at radius 2 is 1.86 bits per heavy atom. The highest BCUT2D eigenvalue weighted by atomic mass is 19.2. The van der Waals surface area contributed by atoms with E-state index >= 15 is 4.39 Å². The highest BCUT2D eigenvalue weighted by molar-refractivity contribution is 5.68. The van der Waals surface area contributed by atoms with Crippen LogP contribution in [0.25, 0.3) is 0 Å². The predicted molar refractivity (Wildman–Crippen MR) is 144 cm³/mol. The van der Waals surface area contributed by atoms with E-state index in [1.807, 2.05) is 67.6 Å². The van der Waals surface area contributed by atoms with Crippen LogP contribution in [0.3, 0.4) is 0 Å². The number of methoxy groups -OCH3 is 1. The molecular formula is C31H39FO5. The lowest BCUT2D eigenvalue weighted by atomic mass is 9.85. The molecule has 3 rings (SSSR count). The van der Waals surface area contributed by atoms with Crippen LogP contribution in [0.15, 0.2) is 72.3 Å². The van der Waals surface area contributed by atoms with Gasteiger partial charge in [0.25, 0.3) is 0 Å². The lowest BCUT2D eigenvalue weighted by molar-refractivity contribution is -0.137. The lowest BCUT2D eigenvalue weighted by Crippen LogP contribution is -2.35. The van der Waals surface area contributed by atoms with Crippen LogP contribution >= 0.6 is 0 Å². The van der Waals surface area contributed by atoms with Gasteiger partial charge in [0, 0.05) is 0 Å². The second-order valence-electron chi connectivity index (χ2n) is 9.53. The van der Waals surface area contributed by atoms with Gasteiger partial charge in [-0.2, -0.15) is 0 Å². The molecule has 200 valence electrons. The summed E-state index contributed by atoms with van der Waals surface area (Å²) in [5.74, 6) is -2.21. The number of ether oxygens (including phenoxy) is 3. The van der Waals surface area contributed by atoms with Crippen LogP contribution in [0, 0.1) is 0 Å². The lowest BCUT2D eigenvalue weighted by Gasteiger charge is -2.33. The zero-order chi connectivity index (χ0) is 26.7. The Morgan fingerprint density at radius 1 is 1.08 bits per heavy atom. The SMILES string of the molecule is CCCCCOC1(F)C=C(COc2cccc([C@@H](CCC)CC(=O)O)c2)C=CC1c1cccc(OC)c1. The molecule has 1 aliphatic rings. The van der Waals surface area contributed by atoms with E-state index in [1.165, 1.54) is 6.08 Å². The Hall–Kier alpha value is -3.12. The molecule has 0 saturated heterocycles. The summed E-state index contributed by atoms with van der Waals surface area (Å²) in [4.78, 5) is 11.3. The van der Waals surface area contributed by atoms with E-state index in [-0.39, 0.29) is 18.9 Å². The van der Waals surface area contributed by atoms with E-state index in [1.54, 1.807) is 7.11 Å². The third kappa shape index (κ3) is 8.19. The molecule has 0 radical (unpaired) electrons. The topological polar surface area (TPSA) is 65.0 Å². The molecule has 1 aliphatic carbocycles. The van der Waals surface area contributed by atoms with Gasteiger partial charge in [0.2, 0.25) is 5.85 Å². The average molecular weight is 511 g/mol. The van der Waals surface area contributed by atoms with Crippen molar-refractivity contribution in [2.75, 3.05) is 20.3 Å². The summed E-state index contributed by atoms with van der Waals surface area (Å²) < 4.78 is 33.7. The number of hydrogen-bond donors (Lipinski definition) is 1. The summed E-state index contributed by atoms with van der Waals surface area (Å²) in [7, 11) is 1.59. The molecule has 6 heteroatoms. The maximum Gasteiger partial charge on any atom is 0.303 e. The van der Waals surface area contributed by atoms with Crippen molar-refractivity contribution in [1.82, 2.24) is 0 Å². The molecule has 5 nitrogen and oxygen atoms in total. The van der Waals surface area contributed by atoms with Crippen molar-refractivity contribution in [2.45, 2.75) is 70.1 Å². The van der Waals surface area contributed by atoms with Gasteiger partial charge in [0.05, 0.1) is 26.1 Å². The molecule has 2 aromatic rings. The van der Waals surface area contributed by atoms with E-state index in [0.29, 0.717) is 23.7 Å². The number of alkyl halides is 1. The van der Waals surface area contributed by atoms with E-state index in [4.69, 9.17) is 14.2 Å². The average Bonchev–Trinajstić information content (AvgIpc) is 2.90. The van der Waals surface area contributed by atoms with Crippen molar-refractivity contribution in [3.8, 4) is 11.5 Å². The molecule has 3 atom stereocenters. The fourth-order valence-corrected chi connectivity index (χ4v) is 4.69. The van der Waals surface area contributed by atoms with Gasteiger partial charge in [-0.25, -0.2) is 4.39 Å². The monoisotopic (exact) mass is 510 g/mol. The maximum absolute atomic E-state index is 16.4. The highest BCUT2D eigenvalue weighted by Crippen LogP contribution is 2.41. The fourth-order valence-electron chi connectivity index (χ4n) is 4.69. The van der Waals surface area contributed by atoms with E-state index < -0.39 is 17.7 Å². The van der Waals surface area contributed by atoms with Gasteiger partial charge in [-0.15, -0.1) is 0 Å². The summed E-state index contributed by atoms with van der Waals surface area (Å²) in [6.45, 7) is 4.65. The molecule has 2 unspecified atom stereocenters. The number of halogens is 1. The van der Waals surface area contributed by atoms with Gasteiger partial charge < -0.3 is 19.3 Å². The summed E-state index contributed by atoms with van der Waals surface area (Å²) >= 11 is 0. The Labute approximate surface area is 219 Å². The zero-order valence-electron chi connectivity index (χ0n) is 22.1. The minimum absolute atomic E-state index is 0.0709. The standard InChI is InChI=1S/C31H39FO5/c1-4-6-7-17-37-31(32)21-23(15-16-29(31)26-12-9-13-27(19-26)35-3)22-36-28-14-8-11-25(18-28)24(10-5-2)20-30(33)34/h8-9,11-16,18-19,21,24,29H,4-7,10,17,20,22H2,1-3H3,(H,33,34)/t24-,29?,31?/m0/s1. The molecule has 0 saturated carbocycles. The van der Waals surface area contributed by atoms with Crippen molar-refractivity contribution < 1.29 is 28.5 Å². The van der Waals surface area contributed by atoms with Crippen LogP contribution in [0.2, 0.25) is 0 Å². The first-order valence-corrected chi connectivity index (χ1v) is 13.2. The smallest absolute Gasteiger partial charge is 0.303 e. The van der Waals surface area contributed by atoms with Gasteiger partial charge in [-0.1, -0.05) is 69.5 Å². The number of aliphatic carboxylic acids is 1. The van der Waals surface area contributed by atoms with Crippen molar-refractivity contribution in [2.24, 2.45) is 0 Å². The molecule has 0 spiro atoms. The third-order valence-corrected chi connectivity index (χ3v) is 6.63. The Kier molecular flexibility index (Phi) is 10.8. The molecule has 1 N–H and O–H groups in total. The zero-order valence-corrected chi connectivity index (χ0v) is 22.1. The van der Waals surface area contributed by atoms with Crippen LogP contribution in [-0.4, -0.2) is 37.3 Å². The highest BCUT2D eigenvalue weighted by Gasteiger charge is 2.40. The molecule has 0 bridgehead atoms. The Balaban J connectivity index is 1.77. The van der Waals surface area contributed by atoms with Crippen LogP contribution in [0.4, 0.5) is 4.39 Å². The molecule has 0 amide bonds. The van der Waals surface area contributed by atoms with Gasteiger partial charge >= 0.3 is 5.97 Å². The van der Waals surface area contributed by atoms with Crippen LogP contribution in [-0.2, 0) is 9.53 Å². The quantitative estimate of drug-likeness (QED) is 0.250. The van der Waals surface area contributed by atoms with Gasteiger partial charge in [-0.3, -0.25) is 4.79 Å². The first kappa shape index (κ1) is 28.5. The van der Waals surface area contributed by atoms with Crippen molar-refractivity contribution in [3.05, 3.63) is 83.5 Å². The molecule has 0 aromatic heterocycles. The molecule has 2 aromatic carbocycles. The molecule has 0 fully saturated rings. The summed E-state index contributed by atoms with van der Waals surface area (Å²) in [6, 6.07) is 14.9. The van der Waals surface area contributed by atoms with Crippen LogP contribution in [0.5, 0.6) is 11.5 Å². The number of carboxylic acids is 1. The first-order valence-electron chi connectivity index (χ1n) is 13.2. The fraction of sp³-hybridized carbons (Fsp3) is 0.452. The number of unbranched alkanes of at least 4 members (excludes halogenated alkanes) is 2. The van der Waals surface area contributed by atoms with Gasteiger partial charge in [-0.05, 0) is 65.8 Å². The first-order chi connectivity index (χ1) is 17.9. The minimum atomic E-state index is -2.01. The number of carbonyl (C=O) groups is 1. The third-order valence-electron chi connectivity index (χ3n) is 6.63. The Morgan fingerprint density at radius 3 is 2.59 bits per heavy atom. The van der Waals surface area contributed by atoms with Gasteiger partial charge in [0.15, 0.2) is 0 Å². The van der Waals surface area contributed by atoms with Crippen molar-refractivity contribution >= 4 is 5.97 Å².